The number of nitrogens with zero attached hydrogens (tertiary/aromatic N) is 5. The maximum atomic E-state index is 4.16. The molecule has 1 aromatic heterocycles. The van der Waals surface area contributed by atoms with Crippen molar-refractivity contribution in [2.24, 2.45) is 0 Å². The quantitative estimate of drug-likeness (QED) is 0.784. The second kappa shape index (κ2) is 6.10. The summed E-state index contributed by atoms with van der Waals surface area (Å²) in [4.78, 5) is 2.54. The Labute approximate surface area is 103 Å². The standard InChI is InChI=1S/C12H23N5/c1-3-8-17-12(13-14-15-17)10-16-9-6-5-7-11(16)4-2/h11H,3-10H2,1-2H3/t11-/m0/s1. The van der Waals surface area contributed by atoms with Crippen molar-refractivity contribution in [3.63, 3.8) is 0 Å². The molecular formula is C12H23N5. The van der Waals surface area contributed by atoms with Crippen LogP contribution >= 0.6 is 0 Å². The topological polar surface area (TPSA) is 46.8 Å². The summed E-state index contributed by atoms with van der Waals surface area (Å²) < 4.78 is 1.95. The van der Waals surface area contributed by atoms with E-state index in [0.29, 0.717) is 0 Å². The van der Waals surface area contributed by atoms with Gasteiger partial charge in [-0.25, -0.2) is 4.68 Å². The number of hydrogen-bond donors (Lipinski definition) is 0. The zero-order chi connectivity index (χ0) is 12.1. The van der Waals surface area contributed by atoms with Gasteiger partial charge in [0, 0.05) is 12.6 Å². The molecule has 2 rings (SSSR count). The molecule has 0 aromatic carbocycles. The summed E-state index contributed by atoms with van der Waals surface area (Å²) >= 11 is 0. The molecule has 1 fully saturated rings. The summed E-state index contributed by atoms with van der Waals surface area (Å²) in [5.74, 6) is 1.02. The molecule has 0 saturated carbocycles. The van der Waals surface area contributed by atoms with E-state index < -0.39 is 0 Å². The maximum Gasteiger partial charge on any atom is 0.165 e. The Balaban J connectivity index is 2.00. The van der Waals surface area contributed by atoms with Crippen LogP contribution in [-0.4, -0.2) is 37.7 Å². The lowest BCUT2D eigenvalue weighted by Gasteiger charge is -2.34. The van der Waals surface area contributed by atoms with E-state index in [4.69, 9.17) is 0 Å². The minimum absolute atomic E-state index is 0.718. The van der Waals surface area contributed by atoms with E-state index in [1.807, 2.05) is 4.68 Å². The van der Waals surface area contributed by atoms with Gasteiger partial charge >= 0.3 is 0 Å². The summed E-state index contributed by atoms with van der Waals surface area (Å²) in [6, 6.07) is 0.718. The molecule has 96 valence electrons. The fourth-order valence-corrected chi connectivity index (χ4v) is 2.63. The van der Waals surface area contributed by atoms with E-state index in [9.17, 15) is 0 Å². The fourth-order valence-electron chi connectivity index (χ4n) is 2.63. The first-order valence-electron chi connectivity index (χ1n) is 6.84. The molecule has 0 N–H and O–H groups in total. The molecule has 1 aliphatic rings. The molecule has 1 aromatic rings. The molecule has 5 heteroatoms. The fraction of sp³-hybridized carbons (Fsp3) is 0.917. The van der Waals surface area contributed by atoms with Gasteiger partial charge in [0.15, 0.2) is 5.82 Å². The summed E-state index contributed by atoms with van der Waals surface area (Å²) in [7, 11) is 0. The van der Waals surface area contributed by atoms with Gasteiger partial charge in [0.25, 0.3) is 0 Å². The number of rotatable bonds is 5. The SMILES string of the molecule is CCCn1nnnc1CN1CCCC[C@@H]1CC. The average molecular weight is 237 g/mol. The Hall–Kier alpha value is -0.970. The van der Waals surface area contributed by atoms with E-state index in [0.717, 1.165) is 31.4 Å². The molecule has 0 unspecified atom stereocenters. The van der Waals surface area contributed by atoms with Crippen LogP contribution in [0.3, 0.4) is 0 Å². The van der Waals surface area contributed by atoms with Gasteiger partial charge in [-0.3, -0.25) is 4.90 Å². The maximum absolute atomic E-state index is 4.16. The van der Waals surface area contributed by atoms with Gasteiger partial charge in [-0.2, -0.15) is 0 Å². The van der Waals surface area contributed by atoms with Crippen molar-refractivity contribution < 1.29 is 0 Å². The van der Waals surface area contributed by atoms with Crippen LogP contribution in [0.25, 0.3) is 0 Å². The minimum Gasteiger partial charge on any atom is -0.293 e. The number of aryl methyl sites for hydroxylation is 1. The van der Waals surface area contributed by atoms with Crippen LogP contribution in [-0.2, 0) is 13.1 Å². The van der Waals surface area contributed by atoms with E-state index >= 15 is 0 Å². The van der Waals surface area contributed by atoms with Gasteiger partial charge in [0.05, 0.1) is 6.54 Å². The van der Waals surface area contributed by atoms with E-state index in [1.165, 1.54) is 32.2 Å². The van der Waals surface area contributed by atoms with Crippen LogP contribution in [0.5, 0.6) is 0 Å². The van der Waals surface area contributed by atoms with Gasteiger partial charge in [0.1, 0.15) is 0 Å². The second-order valence-electron chi connectivity index (χ2n) is 4.85. The van der Waals surface area contributed by atoms with Crippen LogP contribution in [0.2, 0.25) is 0 Å². The highest BCUT2D eigenvalue weighted by atomic mass is 15.5. The Morgan fingerprint density at radius 1 is 1.29 bits per heavy atom. The Kier molecular flexibility index (Phi) is 4.48. The molecule has 0 amide bonds. The van der Waals surface area contributed by atoms with Crippen LogP contribution in [0.1, 0.15) is 51.8 Å². The highest BCUT2D eigenvalue weighted by molar-refractivity contribution is 4.85. The van der Waals surface area contributed by atoms with Crippen molar-refractivity contribution >= 4 is 0 Å². The number of tetrazole rings is 1. The van der Waals surface area contributed by atoms with Crippen molar-refractivity contribution in [3.8, 4) is 0 Å². The molecule has 1 atom stereocenters. The Bertz CT molecular complexity index is 335. The molecule has 0 aliphatic carbocycles. The molecule has 0 radical (unpaired) electrons. The van der Waals surface area contributed by atoms with Crippen molar-refractivity contribution in [3.05, 3.63) is 5.82 Å². The average Bonchev–Trinajstić information content (AvgIpc) is 2.78. The third-order valence-corrected chi connectivity index (χ3v) is 3.61. The highest BCUT2D eigenvalue weighted by Gasteiger charge is 2.22. The van der Waals surface area contributed by atoms with Crippen LogP contribution in [0.4, 0.5) is 0 Å². The normalized spacial score (nSPS) is 21.9. The molecule has 1 aliphatic heterocycles. The number of hydrogen-bond acceptors (Lipinski definition) is 4. The van der Waals surface area contributed by atoms with Crippen molar-refractivity contribution in [2.75, 3.05) is 6.54 Å². The third-order valence-electron chi connectivity index (χ3n) is 3.61. The van der Waals surface area contributed by atoms with Crippen LogP contribution in [0, 0.1) is 0 Å². The van der Waals surface area contributed by atoms with Crippen molar-refractivity contribution in [2.45, 2.75) is 65.1 Å². The molecule has 2 heterocycles. The first kappa shape index (κ1) is 12.5. The lowest BCUT2D eigenvalue weighted by molar-refractivity contribution is 0.130. The third kappa shape index (κ3) is 3.03. The summed E-state index contributed by atoms with van der Waals surface area (Å²) in [6.07, 6.45) is 6.32. The van der Waals surface area contributed by atoms with E-state index in [-0.39, 0.29) is 0 Å². The summed E-state index contributed by atoms with van der Waals surface area (Å²) in [5, 5.41) is 12.0. The smallest absolute Gasteiger partial charge is 0.165 e. The van der Waals surface area contributed by atoms with Crippen molar-refractivity contribution in [1.82, 2.24) is 25.1 Å². The van der Waals surface area contributed by atoms with Crippen LogP contribution < -0.4 is 0 Å². The van der Waals surface area contributed by atoms with Gasteiger partial charge in [-0.1, -0.05) is 20.3 Å². The number of aromatic nitrogens is 4. The summed E-state index contributed by atoms with van der Waals surface area (Å²) in [6.45, 7) is 7.45. The first-order chi connectivity index (χ1) is 8.35. The molecule has 5 nitrogen and oxygen atoms in total. The van der Waals surface area contributed by atoms with Crippen LogP contribution in [0.15, 0.2) is 0 Å². The van der Waals surface area contributed by atoms with Gasteiger partial charge in [-0.05, 0) is 42.7 Å². The lowest BCUT2D eigenvalue weighted by atomic mass is 10.0. The van der Waals surface area contributed by atoms with E-state index in [1.54, 1.807) is 0 Å². The Morgan fingerprint density at radius 2 is 2.18 bits per heavy atom. The minimum atomic E-state index is 0.718. The van der Waals surface area contributed by atoms with Gasteiger partial charge in [0.2, 0.25) is 0 Å². The highest BCUT2D eigenvalue weighted by Crippen LogP contribution is 2.20. The molecule has 1 saturated heterocycles. The summed E-state index contributed by atoms with van der Waals surface area (Å²) in [5.41, 5.74) is 0. The van der Waals surface area contributed by atoms with Gasteiger partial charge in [-0.15, -0.1) is 5.10 Å². The zero-order valence-electron chi connectivity index (χ0n) is 11.0. The lowest BCUT2D eigenvalue weighted by Crippen LogP contribution is -2.39. The first-order valence-corrected chi connectivity index (χ1v) is 6.84. The predicted molar refractivity (Wildman–Crippen MR) is 66.4 cm³/mol. The molecule has 17 heavy (non-hydrogen) atoms. The monoisotopic (exact) mass is 237 g/mol. The predicted octanol–water partition coefficient (Wildman–Crippen LogP) is 1.85. The second-order valence-corrected chi connectivity index (χ2v) is 4.85. The Morgan fingerprint density at radius 3 is 2.94 bits per heavy atom. The largest absolute Gasteiger partial charge is 0.293 e. The number of piperidine rings is 1. The van der Waals surface area contributed by atoms with Crippen molar-refractivity contribution in [1.29, 1.82) is 0 Å². The number of likely N-dealkylation sites (tertiary alicyclic amines) is 1. The van der Waals surface area contributed by atoms with Gasteiger partial charge < -0.3 is 0 Å². The molecule has 0 bridgehead atoms. The van der Waals surface area contributed by atoms with E-state index in [2.05, 4.69) is 34.3 Å². The zero-order valence-corrected chi connectivity index (χ0v) is 11.0. The molecule has 0 spiro atoms. The molecular weight excluding hydrogens is 214 g/mol.